The van der Waals surface area contributed by atoms with E-state index in [1.807, 2.05) is 0 Å². The zero-order chi connectivity index (χ0) is 8.27. The Kier molecular flexibility index (Phi) is 2.23. The molecule has 0 aromatic heterocycles. The highest BCUT2D eigenvalue weighted by Gasteiger charge is 1.98. The van der Waals surface area contributed by atoms with Crippen molar-refractivity contribution in [2.45, 2.75) is 6.61 Å². The van der Waals surface area contributed by atoms with Gasteiger partial charge in [0.25, 0.3) is 0 Å². The summed E-state index contributed by atoms with van der Waals surface area (Å²) in [6.45, 7) is -0.0683. The maximum atomic E-state index is 10.6. The third-order valence-corrected chi connectivity index (χ3v) is 1.39. The molecule has 11 heavy (non-hydrogen) atoms. The molecule has 0 fully saturated rings. The number of hydrogen-bond donors (Lipinski definition) is 2. The Labute approximate surface area is 64.5 Å². The van der Waals surface area contributed by atoms with Gasteiger partial charge in [0, 0.05) is 5.56 Å². The summed E-state index contributed by atoms with van der Waals surface area (Å²) < 4.78 is 0. The highest BCUT2D eigenvalue weighted by atomic mass is 16.3. The molecule has 58 valence electrons. The Hall–Kier alpha value is -1.35. The SMILES string of the molecule is NC(=O)c1cccc(CO)c1. The minimum Gasteiger partial charge on any atom is -0.392 e. The first kappa shape index (κ1) is 7.75. The normalized spacial score (nSPS) is 9.55. The molecule has 1 aromatic rings. The zero-order valence-electron chi connectivity index (χ0n) is 5.95. The molecule has 1 amide bonds. The predicted octanol–water partition coefficient (Wildman–Crippen LogP) is 0.278. The van der Waals surface area contributed by atoms with Gasteiger partial charge in [0.15, 0.2) is 0 Å². The Morgan fingerprint density at radius 1 is 1.55 bits per heavy atom. The van der Waals surface area contributed by atoms with Gasteiger partial charge in [-0.25, -0.2) is 0 Å². The van der Waals surface area contributed by atoms with Crippen LogP contribution in [0.15, 0.2) is 24.3 Å². The zero-order valence-corrected chi connectivity index (χ0v) is 5.95. The number of benzene rings is 1. The van der Waals surface area contributed by atoms with Crippen LogP contribution in [0.3, 0.4) is 0 Å². The summed E-state index contributed by atoms with van der Waals surface area (Å²) in [5, 5.41) is 8.69. The maximum Gasteiger partial charge on any atom is 0.248 e. The second-order valence-corrected chi connectivity index (χ2v) is 2.22. The lowest BCUT2D eigenvalue weighted by molar-refractivity contribution is 0.1000. The Balaban J connectivity index is 3.01. The summed E-state index contributed by atoms with van der Waals surface area (Å²) in [5.74, 6) is -0.472. The van der Waals surface area contributed by atoms with Crippen LogP contribution in [-0.2, 0) is 6.61 Å². The van der Waals surface area contributed by atoms with E-state index < -0.39 is 5.91 Å². The van der Waals surface area contributed by atoms with Gasteiger partial charge in [-0.2, -0.15) is 0 Å². The van der Waals surface area contributed by atoms with E-state index in [0.717, 1.165) is 0 Å². The molecule has 3 nitrogen and oxygen atoms in total. The molecule has 1 rings (SSSR count). The quantitative estimate of drug-likeness (QED) is 0.637. The highest BCUT2D eigenvalue weighted by Crippen LogP contribution is 2.03. The van der Waals surface area contributed by atoms with Crippen LogP contribution in [0.25, 0.3) is 0 Å². The van der Waals surface area contributed by atoms with E-state index in [1.165, 1.54) is 0 Å². The lowest BCUT2D eigenvalue weighted by atomic mass is 10.1. The topological polar surface area (TPSA) is 63.3 Å². The number of nitrogens with two attached hydrogens (primary N) is 1. The second-order valence-electron chi connectivity index (χ2n) is 2.22. The molecule has 0 radical (unpaired) electrons. The van der Waals surface area contributed by atoms with Gasteiger partial charge in [-0.3, -0.25) is 4.79 Å². The van der Waals surface area contributed by atoms with Crippen LogP contribution in [-0.4, -0.2) is 11.0 Å². The van der Waals surface area contributed by atoms with E-state index in [1.54, 1.807) is 24.3 Å². The summed E-state index contributed by atoms with van der Waals surface area (Å²) in [7, 11) is 0. The molecular formula is C8H9NO2. The van der Waals surface area contributed by atoms with Crippen LogP contribution in [0, 0.1) is 0 Å². The fourth-order valence-corrected chi connectivity index (χ4v) is 0.823. The molecule has 3 N–H and O–H groups in total. The molecule has 0 saturated heterocycles. The maximum absolute atomic E-state index is 10.6. The van der Waals surface area contributed by atoms with Gasteiger partial charge < -0.3 is 10.8 Å². The number of aliphatic hydroxyl groups excluding tert-OH is 1. The molecule has 0 atom stereocenters. The lowest BCUT2D eigenvalue weighted by Crippen LogP contribution is -2.10. The molecule has 0 unspecified atom stereocenters. The van der Waals surface area contributed by atoms with Gasteiger partial charge >= 0.3 is 0 Å². The monoisotopic (exact) mass is 151 g/mol. The van der Waals surface area contributed by atoms with Crippen LogP contribution in [0.1, 0.15) is 15.9 Å². The Morgan fingerprint density at radius 3 is 2.82 bits per heavy atom. The number of amides is 1. The average molecular weight is 151 g/mol. The van der Waals surface area contributed by atoms with Crippen molar-refractivity contribution in [2.24, 2.45) is 5.73 Å². The molecule has 0 spiro atoms. The first-order valence-corrected chi connectivity index (χ1v) is 3.23. The van der Waals surface area contributed by atoms with E-state index in [-0.39, 0.29) is 6.61 Å². The summed E-state index contributed by atoms with van der Waals surface area (Å²) in [6, 6.07) is 6.60. The number of rotatable bonds is 2. The van der Waals surface area contributed by atoms with Gasteiger partial charge in [-0.1, -0.05) is 12.1 Å². The van der Waals surface area contributed by atoms with E-state index >= 15 is 0 Å². The fourth-order valence-electron chi connectivity index (χ4n) is 0.823. The van der Waals surface area contributed by atoms with Crippen LogP contribution in [0.2, 0.25) is 0 Å². The molecular weight excluding hydrogens is 142 g/mol. The first-order chi connectivity index (χ1) is 5.24. The molecule has 0 heterocycles. The van der Waals surface area contributed by atoms with Crippen molar-refractivity contribution in [3.63, 3.8) is 0 Å². The van der Waals surface area contributed by atoms with Crippen molar-refractivity contribution in [2.75, 3.05) is 0 Å². The fraction of sp³-hybridized carbons (Fsp3) is 0.125. The summed E-state index contributed by atoms with van der Waals surface area (Å²) in [4.78, 5) is 10.6. The van der Waals surface area contributed by atoms with Crippen molar-refractivity contribution >= 4 is 5.91 Å². The summed E-state index contributed by atoms with van der Waals surface area (Å²) in [6.07, 6.45) is 0. The number of aliphatic hydroxyl groups is 1. The van der Waals surface area contributed by atoms with E-state index in [0.29, 0.717) is 11.1 Å². The van der Waals surface area contributed by atoms with Gasteiger partial charge in [-0.05, 0) is 17.7 Å². The van der Waals surface area contributed by atoms with Crippen LogP contribution in [0.4, 0.5) is 0 Å². The molecule has 0 aliphatic rings. The van der Waals surface area contributed by atoms with Crippen LogP contribution >= 0.6 is 0 Å². The molecule has 0 bridgehead atoms. The van der Waals surface area contributed by atoms with Crippen molar-refractivity contribution in [3.8, 4) is 0 Å². The van der Waals surface area contributed by atoms with E-state index in [2.05, 4.69) is 0 Å². The smallest absolute Gasteiger partial charge is 0.248 e. The number of hydrogen-bond acceptors (Lipinski definition) is 2. The molecule has 0 aliphatic carbocycles. The Bertz CT molecular complexity index is 271. The number of primary amides is 1. The minimum absolute atomic E-state index is 0.0683. The van der Waals surface area contributed by atoms with Crippen molar-refractivity contribution in [1.82, 2.24) is 0 Å². The summed E-state index contributed by atoms with van der Waals surface area (Å²) in [5.41, 5.74) is 6.14. The standard InChI is InChI=1S/C8H9NO2/c9-8(11)7-3-1-2-6(4-7)5-10/h1-4,10H,5H2,(H2,9,11). The van der Waals surface area contributed by atoms with Gasteiger partial charge in [-0.15, -0.1) is 0 Å². The van der Waals surface area contributed by atoms with E-state index in [9.17, 15) is 4.79 Å². The third kappa shape index (κ3) is 1.78. The highest BCUT2D eigenvalue weighted by molar-refractivity contribution is 5.92. The van der Waals surface area contributed by atoms with Crippen LogP contribution in [0.5, 0.6) is 0 Å². The largest absolute Gasteiger partial charge is 0.392 e. The summed E-state index contributed by atoms with van der Waals surface area (Å²) >= 11 is 0. The van der Waals surface area contributed by atoms with E-state index in [4.69, 9.17) is 10.8 Å². The second kappa shape index (κ2) is 3.16. The Morgan fingerprint density at radius 2 is 2.27 bits per heavy atom. The molecule has 0 saturated carbocycles. The number of carbonyl (C=O) groups excluding carboxylic acids is 1. The van der Waals surface area contributed by atoms with Gasteiger partial charge in [0.05, 0.1) is 6.61 Å². The van der Waals surface area contributed by atoms with Crippen molar-refractivity contribution in [3.05, 3.63) is 35.4 Å². The molecule has 0 aliphatic heterocycles. The van der Waals surface area contributed by atoms with Crippen molar-refractivity contribution in [1.29, 1.82) is 0 Å². The molecule has 1 aromatic carbocycles. The third-order valence-electron chi connectivity index (χ3n) is 1.39. The van der Waals surface area contributed by atoms with Crippen molar-refractivity contribution < 1.29 is 9.90 Å². The minimum atomic E-state index is -0.472. The average Bonchev–Trinajstić information content (AvgIpc) is 2.05. The first-order valence-electron chi connectivity index (χ1n) is 3.23. The van der Waals surface area contributed by atoms with Crippen LogP contribution < -0.4 is 5.73 Å². The molecule has 3 heteroatoms. The predicted molar refractivity (Wildman–Crippen MR) is 40.9 cm³/mol. The van der Waals surface area contributed by atoms with Gasteiger partial charge in [0.1, 0.15) is 0 Å². The lowest BCUT2D eigenvalue weighted by Gasteiger charge is -1.97. The van der Waals surface area contributed by atoms with Gasteiger partial charge in [0.2, 0.25) is 5.91 Å². The number of carbonyl (C=O) groups is 1.